The molecule has 0 aromatic heterocycles. The van der Waals surface area contributed by atoms with Crippen molar-refractivity contribution in [3.8, 4) is 0 Å². The third-order valence-corrected chi connectivity index (χ3v) is 5.67. The molecule has 28 heavy (non-hydrogen) atoms. The highest BCUT2D eigenvalue weighted by molar-refractivity contribution is 5.73. The second kappa shape index (κ2) is 14.6. The van der Waals surface area contributed by atoms with Gasteiger partial charge in [0.05, 0.1) is 12.0 Å². The summed E-state index contributed by atoms with van der Waals surface area (Å²) in [5.41, 5.74) is 0.681. The van der Waals surface area contributed by atoms with Crippen molar-refractivity contribution in [2.75, 3.05) is 6.61 Å². The van der Waals surface area contributed by atoms with Crippen LogP contribution in [0.15, 0.2) is 30.3 Å². The summed E-state index contributed by atoms with van der Waals surface area (Å²) in [4.78, 5) is 11.1. The van der Waals surface area contributed by atoms with Crippen molar-refractivity contribution in [2.45, 2.75) is 98.0 Å². The molecule has 3 heteroatoms. The zero-order valence-electron chi connectivity index (χ0n) is 18.4. The van der Waals surface area contributed by atoms with E-state index in [0.717, 1.165) is 44.8 Å². The summed E-state index contributed by atoms with van der Waals surface area (Å²) in [5.74, 6) is 0.116. The molecule has 0 radical (unpaired) electrons. The first-order valence-electron chi connectivity index (χ1n) is 11.3. The first-order valence-corrected chi connectivity index (χ1v) is 11.3. The van der Waals surface area contributed by atoms with Crippen molar-refractivity contribution in [3.05, 3.63) is 35.9 Å². The molecule has 1 aromatic rings. The molecule has 0 saturated heterocycles. The highest BCUT2D eigenvalue weighted by Crippen LogP contribution is 2.25. The van der Waals surface area contributed by atoms with Crippen molar-refractivity contribution in [3.63, 3.8) is 0 Å². The Hall–Kier alpha value is -1.35. The monoisotopic (exact) mass is 390 g/mol. The number of benzene rings is 1. The number of carboxylic acid groups (broad SMARTS) is 1. The molecule has 0 saturated carbocycles. The molecule has 0 aliphatic heterocycles. The minimum atomic E-state index is -0.677. The van der Waals surface area contributed by atoms with Crippen LogP contribution in [0, 0.1) is 11.3 Å². The Kier molecular flexibility index (Phi) is 12.9. The molecule has 160 valence electrons. The fraction of sp³-hybridized carbons (Fsp3) is 0.720. The summed E-state index contributed by atoms with van der Waals surface area (Å²) in [5, 5.41) is 9.13. The largest absolute Gasteiger partial charge is 0.481 e. The number of hydrogen-bond donors (Lipinski definition) is 1. The normalized spacial score (nSPS) is 12.8. The van der Waals surface area contributed by atoms with Gasteiger partial charge in [-0.05, 0) is 38.2 Å². The van der Waals surface area contributed by atoms with Gasteiger partial charge < -0.3 is 9.84 Å². The molecule has 0 aliphatic rings. The van der Waals surface area contributed by atoms with Crippen molar-refractivity contribution in [1.29, 1.82) is 0 Å². The molecule has 0 amide bonds. The Bertz CT molecular complexity index is 510. The number of carbonyl (C=O) groups is 1. The Morgan fingerprint density at radius 2 is 1.50 bits per heavy atom. The van der Waals surface area contributed by atoms with Crippen LogP contribution in [0.25, 0.3) is 0 Å². The first-order chi connectivity index (χ1) is 13.4. The van der Waals surface area contributed by atoms with Gasteiger partial charge in [-0.15, -0.1) is 0 Å². The highest BCUT2D eigenvalue weighted by atomic mass is 16.5. The van der Waals surface area contributed by atoms with Crippen LogP contribution in [-0.4, -0.2) is 17.7 Å². The average Bonchev–Trinajstić information content (AvgIpc) is 2.67. The number of aliphatic carboxylic acids is 1. The van der Waals surface area contributed by atoms with E-state index >= 15 is 0 Å². The zero-order chi connectivity index (χ0) is 20.7. The maximum Gasteiger partial charge on any atom is 0.309 e. The Balaban J connectivity index is 1.86. The van der Waals surface area contributed by atoms with Gasteiger partial charge in [0.15, 0.2) is 0 Å². The number of hydrogen-bond acceptors (Lipinski definition) is 2. The van der Waals surface area contributed by atoms with Crippen LogP contribution in [0.2, 0.25) is 0 Å². The second-order valence-electron chi connectivity index (χ2n) is 8.99. The van der Waals surface area contributed by atoms with Crippen LogP contribution >= 0.6 is 0 Å². The van der Waals surface area contributed by atoms with Crippen LogP contribution in [0.1, 0.15) is 97.0 Å². The first kappa shape index (κ1) is 24.7. The van der Waals surface area contributed by atoms with E-state index in [4.69, 9.17) is 9.84 Å². The maximum absolute atomic E-state index is 11.1. The van der Waals surface area contributed by atoms with Gasteiger partial charge in [-0.2, -0.15) is 0 Å². The average molecular weight is 391 g/mol. The summed E-state index contributed by atoms with van der Waals surface area (Å²) in [7, 11) is 0. The predicted molar refractivity (Wildman–Crippen MR) is 117 cm³/mol. The van der Waals surface area contributed by atoms with Crippen molar-refractivity contribution in [1.82, 2.24) is 0 Å². The summed E-state index contributed by atoms with van der Waals surface area (Å²) in [6.07, 6.45) is 13.2. The van der Waals surface area contributed by atoms with Crippen LogP contribution < -0.4 is 0 Å². The maximum atomic E-state index is 11.1. The van der Waals surface area contributed by atoms with E-state index in [0.29, 0.717) is 0 Å². The highest BCUT2D eigenvalue weighted by Gasteiger charge is 2.25. The standard InChI is InChI=1S/C25H42O3/c1-22(16-10-8-13-19-25(2,3)24(26)27)15-9-5-4-6-14-20-28-21-23-17-11-7-12-18-23/h7,11-12,17-18,22H,4-6,8-10,13-16,19-21H2,1-3H3,(H,26,27). The molecular weight excluding hydrogens is 348 g/mol. The van der Waals surface area contributed by atoms with Gasteiger partial charge in [0, 0.05) is 6.61 Å². The summed E-state index contributed by atoms with van der Waals surface area (Å²) >= 11 is 0. The third-order valence-electron chi connectivity index (χ3n) is 5.67. The lowest BCUT2D eigenvalue weighted by Gasteiger charge is -2.18. The Morgan fingerprint density at radius 1 is 0.929 bits per heavy atom. The Morgan fingerprint density at radius 3 is 2.14 bits per heavy atom. The van der Waals surface area contributed by atoms with Crippen LogP contribution in [0.3, 0.4) is 0 Å². The minimum absolute atomic E-state index is 0.571. The lowest BCUT2D eigenvalue weighted by Crippen LogP contribution is -2.23. The number of unbranched alkanes of at least 4 members (excludes halogenated alkanes) is 6. The molecule has 0 bridgehead atoms. The molecule has 1 rings (SSSR count). The van der Waals surface area contributed by atoms with Gasteiger partial charge in [-0.25, -0.2) is 0 Å². The fourth-order valence-corrected chi connectivity index (χ4v) is 3.48. The van der Waals surface area contributed by atoms with Crippen LogP contribution in [-0.2, 0) is 16.1 Å². The van der Waals surface area contributed by atoms with Gasteiger partial charge in [0.25, 0.3) is 0 Å². The molecule has 0 fully saturated rings. The predicted octanol–water partition coefficient (Wildman–Crippen LogP) is 7.24. The van der Waals surface area contributed by atoms with E-state index in [9.17, 15) is 4.79 Å². The quantitative estimate of drug-likeness (QED) is 0.285. The van der Waals surface area contributed by atoms with Gasteiger partial charge in [-0.1, -0.05) is 95.0 Å². The molecule has 0 heterocycles. The smallest absolute Gasteiger partial charge is 0.309 e. The molecule has 1 unspecified atom stereocenters. The van der Waals surface area contributed by atoms with Crippen molar-refractivity contribution < 1.29 is 14.6 Å². The SMILES string of the molecule is CC(CCCCCCCOCc1ccccc1)CCCCCC(C)(C)C(=O)O. The molecular formula is C25H42O3. The molecule has 1 atom stereocenters. The third kappa shape index (κ3) is 12.2. The van der Waals surface area contributed by atoms with Gasteiger partial charge in [-0.3, -0.25) is 4.79 Å². The van der Waals surface area contributed by atoms with Gasteiger partial charge >= 0.3 is 5.97 Å². The number of rotatable bonds is 17. The van der Waals surface area contributed by atoms with E-state index in [1.165, 1.54) is 50.5 Å². The second-order valence-corrected chi connectivity index (χ2v) is 8.99. The lowest BCUT2D eigenvalue weighted by atomic mass is 9.86. The number of ether oxygens (including phenoxy) is 1. The van der Waals surface area contributed by atoms with E-state index in [2.05, 4.69) is 31.2 Å². The molecule has 1 aromatic carbocycles. The minimum Gasteiger partial charge on any atom is -0.481 e. The van der Waals surface area contributed by atoms with Crippen molar-refractivity contribution in [2.24, 2.45) is 11.3 Å². The summed E-state index contributed by atoms with van der Waals surface area (Å²) in [6.45, 7) is 7.61. The van der Waals surface area contributed by atoms with E-state index < -0.39 is 11.4 Å². The van der Waals surface area contributed by atoms with E-state index in [1.807, 2.05) is 19.9 Å². The van der Waals surface area contributed by atoms with Crippen LogP contribution in [0.4, 0.5) is 0 Å². The lowest BCUT2D eigenvalue weighted by molar-refractivity contribution is -0.147. The van der Waals surface area contributed by atoms with Gasteiger partial charge in [0.1, 0.15) is 0 Å². The van der Waals surface area contributed by atoms with E-state index in [1.54, 1.807) is 0 Å². The molecule has 1 N–H and O–H groups in total. The van der Waals surface area contributed by atoms with E-state index in [-0.39, 0.29) is 0 Å². The molecule has 0 spiro atoms. The Labute approximate surface area is 172 Å². The molecule has 3 nitrogen and oxygen atoms in total. The summed E-state index contributed by atoms with van der Waals surface area (Å²) in [6, 6.07) is 10.4. The fourth-order valence-electron chi connectivity index (χ4n) is 3.48. The van der Waals surface area contributed by atoms with Gasteiger partial charge in [0.2, 0.25) is 0 Å². The summed E-state index contributed by atoms with van der Waals surface area (Å²) < 4.78 is 5.73. The topological polar surface area (TPSA) is 46.5 Å². The van der Waals surface area contributed by atoms with Crippen LogP contribution in [0.5, 0.6) is 0 Å². The zero-order valence-corrected chi connectivity index (χ0v) is 18.4. The van der Waals surface area contributed by atoms with Crippen molar-refractivity contribution >= 4 is 5.97 Å². The number of carboxylic acids is 1. The molecule has 0 aliphatic carbocycles.